The summed E-state index contributed by atoms with van der Waals surface area (Å²) >= 11 is 4.83. The number of fused-ring (bicyclic) bond motifs is 1. The number of benzene rings is 1. The molecule has 0 bridgehead atoms. The minimum absolute atomic E-state index is 0.0861. The fourth-order valence-corrected chi connectivity index (χ4v) is 4.43. The van der Waals surface area contributed by atoms with Crippen molar-refractivity contribution in [3.8, 4) is 0 Å². The molecule has 0 atom stereocenters. The first-order valence-corrected chi connectivity index (χ1v) is 9.19. The van der Waals surface area contributed by atoms with Crippen LogP contribution < -0.4 is 0 Å². The molecule has 0 aliphatic heterocycles. The van der Waals surface area contributed by atoms with Crippen LogP contribution in [0.2, 0.25) is 0 Å². The van der Waals surface area contributed by atoms with E-state index in [1.807, 2.05) is 11.0 Å². The van der Waals surface area contributed by atoms with Gasteiger partial charge in [0.25, 0.3) is 5.91 Å². The van der Waals surface area contributed by atoms with Crippen LogP contribution >= 0.6 is 27.3 Å². The Hall–Kier alpha value is -0.940. The molecule has 0 unspecified atom stereocenters. The molecule has 1 saturated carbocycles. The molecule has 1 aromatic heterocycles. The van der Waals surface area contributed by atoms with E-state index in [1.54, 1.807) is 6.07 Å². The van der Waals surface area contributed by atoms with E-state index in [9.17, 15) is 9.18 Å². The van der Waals surface area contributed by atoms with Crippen LogP contribution in [0.5, 0.6) is 0 Å². The molecule has 1 heterocycles. The van der Waals surface area contributed by atoms with Crippen molar-refractivity contribution in [3.63, 3.8) is 0 Å². The molecular formula is C16H17BrFNOS. The second-order valence-corrected chi connectivity index (χ2v) is 7.30. The van der Waals surface area contributed by atoms with E-state index < -0.39 is 0 Å². The summed E-state index contributed by atoms with van der Waals surface area (Å²) in [6, 6.07) is 6.93. The molecule has 112 valence electrons. The highest BCUT2D eigenvalue weighted by Crippen LogP contribution is 2.30. The molecule has 5 heteroatoms. The fourth-order valence-electron chi connectivity index (χ4n) is 3.01. The zero-order chi connectivity index (χ0) is 14.8. The summed E-state index contributed by atoms with van der Waals surface area (Å²) in [5, 5.41) is 1.73. The molecule has 1 aliphatic carbocycles. The molecule has 2 nitrogen and oxygen atoms in total. The van der Waals surface area contributed by atoms with Crippen molar-refractivity contribution in [3.05, 3.63) is 35.0 Å². The van der Waals surface area contributed by atoms with Gasteiger partial charge in [0.05, 0.1) is 4.88 Å². The van der Waals surface area contributed by atoms with Crippen molar-refractivity contribution in [1.29, 1.82) is 0 Å². The highest BCUT2D eigenvalue weighted by molar-refractivity contribution is 9.09. The molecule has 2 aromatic rings. The summed E-state index contributed by atoms with van der Waals surface area (Å²) in [4.78, 5) is 15.5. The van der Waals surface area contributed by atoms with Crippen molar-refractivity contribution < 1.29 is 9.18 Å². The topological polar surface area (TPSA) is 20.3 Å². The van der Waals surface area contributed by atoms with Crippen molar-refractivity contribution >= 4 is 43.3 Å². The Morgan fingerprint density at radius 2 is 2.10 bits per heavy atom. The summed E-state index contributed by atoms with van der Waals surface area (Å²) in [7, 11) is 0. The highest BCUT2D eigenvalue weighted by Gasteiger charge is 2.27. The predicted molar refractivity (Wildman–Crippen MR) is 88.9 cm³/mol. The molecule has 3 rings (SSSR count). The minimum atomic E-state index is -0.253. The third-order valence-electron chi connectivity index (χ3n) is 4.04. The summed E-state index contributed by atoms with van der Waals surface area (Å²) in [6.07, 6.45) is 4.60. The van der Waals surface area contributed by atoms with E-state index in [1.165, 1.54) is 36.3 Å². The van der Waals surface area contributed by atoms with Crippen molar-refractivity contribution in [2.75, 3.05) is 11.9 Å². The second-order valence-electron chi connectivity index (χ2n) is 5.42. The lowest BCUT2D eigenvalue weighted by molar-refractivity contribution is 0.0701. The first-order valence-electron chi connectivity index (χ1n) is 7.25. The van der Waals surface area contributed by atoms with Gasteiger partial charge in [-0.1, -0.05) is 34.8 Å². The second kappa shape index (κ2) is 6.44. The Kier molecular flexibility index (Phi) is 4.60. The van der Waals surface area contributed by atoms with Gasteiger partial charge in [0, 0.05) is 22.6 Å². The summed E-state index contributed by atoms with van der Waals surface area (Å²) in [5.41, 5.74) is 0. The van der Waals surface area contributed by atoms with Gasteiger partial charge in [0.2, 0.25) is 0 Å². The molecule has 0 spiro atoms. The molecule has 0 N–H and O–H groups in total. The first kappa shape index (κ1) is 15.0. The van der Waals surface area contributed by atoms with Crippen LogP contribution in [0.25, 0.3) is 10.1 Å². The number of hydrogen-bond donors (Lipinski definition) is 0. The van der Waals surface area contributed by atoms with Gasteiger partial charge in [0.15, 0.2) is 0 Å². The highest BCUT2D eigenvalue weighted by atomic mass is 79.9. The van der Waals surface area contributed by atoms with Crippen LogP contribution in [-0.4, -0.2) is 28.7 Å². The van der Waals surface area contributed by atoms with Gasteiger partial charge >= 0.3 is 0 Å². The van der Waals surface area contributed by atoms with Gasteiger partial charge in [-0.05, 0) is 36.4 Å². The predicted octanol–water partition coefficient (Wildman–Crippen LogP) is 4.82. The Morgan fingerprint density at radius 1 is 1.33 bits per heavy atom. The number of thiophene rings is 1. The van der Waals surface area contributed by atoms with E-state index in [4.69, 9.17) is 0 Å². The Balaban J connectivity index is 1.89. The quantitative estimate of drug-likeness (QED) is 0.707. The average Bonchev–Trinajstić information content (AvgIpc) is 3.12. The van der Waals surface area contributed by atoms with Crippen LogP contribution in [-0.2, 0) is 0 Å². The van der Waals surface area contributed by atoms with Crippen molar-refractivity contribution in [2.24, 2.45) is 0 Å². The largest absolute Gasteiger partial charge is 0.334 e. The number of carbonyl (C=O) groups excluding carboxylic acids is 1. The van der Waals surface area contributed by atoms with Gasteiger partial charge in [-0.25, -0.2) is 4.39 Å². The number of carbonyl (C=O) groups is 1. The monoisotopic (exact) mass is 369 g/mol. The minimum Gasteiger partial charge on any atom is -0.334 e. The maximum absolute atomic E-state index is 13.3. The third kappa shape index (κ3) is 3.14. The van der Waals surface area contributed by atoms with Crippen LogP contribution in [0, 0.1) is 5.82 Å². The van der Waals surface area contributed by atoms with Gasteiger partial charge in [-0.15, -0.1) is 11.3 Å². The Bertz CT molecular complexity index is 651. The third-order valence-corrected chi connectivity index (χ3v) is 5.49. The smallest absolute Gasteiger partial charge is 0.264 e. The molecule has 1 aliphatic rings. The van der Waals surface area contributed by atoms with E-state index in [0.29, 0.717) is 10.9 Å². The molecule has 0 saturated heterocycles. The molecular weight excluding hydrogens is 353 g/mol. The number of amides is 1. The number of halogens is 2. The first-order chi connectivity index (χ1) is 10.2. The number of hydrogen-bond acceptors (Lipinski definition) is 2. The zero-order valence-electron chi connectivity index (χ0n) is 11.6. The fraction of sp³-hybridized carbons (Fsp3) is 0.438. The lowest BCUT2D eigenvalue weighted by Crippen LogP contribution is -2.39. The molecule has 1 amide bonds. The Morgan fingerprint density at radius 3 is 2.81 bits per heavy atom. The van der Waals surface area contributed by atoms with E-state index in [-0.39, 0.29) is 11.7 Å². The maximum atomic E-state index is 13.3. The molecule has 21 heavy (non-hydrogen) atoms. The summed E-state index contributed by atoms with van der Waals surface area (Å²) in [5.74, 6) is -0.167. The average molecular weight is 370 g/mol. The van der Waals surface area contributed by atoms with Gasteiger partial charge < -0.3 is 4.90 Å². The van der Waals surface area contributed by atoms with Gasteiger partial charge in [0.1, 0.15) is 5.82 Å². The van der Waals surface area contributed by atoms with E-state index >= 15 is 0 Å². The van der Waals surface area contributed by atoms with Gasteiger partial charge in [-0.2, -0.15) is 0 Å². The Labute approximate surface area is 136 Å². The van der Waals surface area contributed by atoms with Crippen LogP contribution in [0.3, 0.4) is 0 Å². The van der Waals surface area contributed by atoms with Crippen molar-refractivity contribution in [2.45, 2.75) is 31.7 Å². The SMILES string of the molecule is O=C(c1cc2ccc(F)cc2s1)N(CCBr)C1CCCC1. The number of alkyl halides is 1. The van der Waals surface area contributed by atoms with Crippen LogP contribution in [0.4, 0.5) is 4.39 Å². The standard InChI is InChI=1S/C16H17BrFNOS/c17-7-8-19(13-3-1-2-4-13)16(20)15-9-11-5-6-12(18)10-14(11)21-15/h5-6,9-10,13H,1-4,7-8H2. The van der Waals surface area contributed by atoms with Crippen molar-refractivity contribution in [1.82, 2.24) is 4.90 Å². The lowest BCUT2D eigenvalue weighted by atomic mass is 10.2. The van der Waals surface area contributed by atoms with E-state index in [0.717, 1.165) is 34.8 Å². The maximum Gasteiger partial charge on any atom is 0.264 e. The normalized spacial score (nSPS) is 15.7. The summed E-state index contributed by atoms with van der Waals surface area (Å²) in [6.45, 7) is 0.728. The molecule has 1 aromatic carbocycles. The summed E-state index contributed by atoms with van der Waals surface area (Å²) < 4.78 is 14.1. The van der Waals surface area contributed by atoms with Gasteiger partial charge in [-0.3, -0.25) is 4.79 Å². The lowest BCUT2D eigenvalue weighted by Gasteiger charge is -2.27. The molecule has 0 radical (unpaired) electrons. The van der Waals surface area contributed by atoms with Crippen LogP contribution in [0.1, 0.15) is 35.4 Å². The number of rotatable bonds is 4. The zero-order valence-corrected chi connectivity index (χ0v) is 14.1. The van der Waals surface area contributed by atoms with Crippen LogP contribution in [0.15, 0.2) is 24.3 Å². The number of nitrogens with zero attached hydrogens (tertiary/aromatic N) is 1. The molecule has 1 fully saturated rings. The van der Waals surface area contributed by atoms with E-state index in [2.05, 4.69) is 15.9 Å².